The highest BCUT2D eigenvalue weighted by molar-refractivity contribution is 7.91. The monoisotopic (exact) mass is 309 g/mol. The molecule has 0 saturated carbocycles. The zero-order chi connectivity index (χ0) is 15.5. The van der Waals surface area contributed by atoms with E-state index in [0.29, 0.717) is 12.2 Å². The molecule has 0 amide bonds. The topological polar surface area (TPSA) is 69.4 Å². The first-order chi connectivity index (χ1) is 9.92. The van der Waals surface area contributed by atoms with E-state index in [4.69, 9.17) is 10.5 Å². The molecule has 0 fully saturated rings. The summed E-state index contributed by atoms with van der Waals surface area (Å²) in [5.41, 5.74) is 6.39. The summed E-state index contributed by atoms with van der Waals surface area (Å²) in [5.74, 6) is 0.0702. The van der Waals surface area contributed by atoms with Crippen molar-refractivity contribution in [3.8, 4) is 5.75 Å². The van der Waals surface area contributed by atoms with E-state index in [1.54, 1.807) is 19.2 Å². The summed E-state index contributed by atoms with van der Waals surface area (Å²) in [6, 6.07) is 10.5. The number of aryl methyl sites for hydroxylation is 1. The minimum atomic E-state index is -3.54. The Morgan fingerprint density at radius 2 is 1.81 bits per heavy atom. The maximum absolute atomic E-state index is 13.0. The van der Waals surface area contributed by atoms with E-state index in [1.165, 1.54) is 6.07 Å². The van der Waals surface area contributed by atoms with Crippen molar-refractivity contribution in [2.24, 2.45) is 0 Å². The van der Waals surface area contributed by atoms with Crippen LogP contribution in [0.1, 0.15) is 5.56 Å². The van der Waals surface area contributed by atoms with Crippen LogP contribution in [0.15, 0.2) is 47.4 Å². The Balaban J connectivity index is 2.13. The van der Waals surface area contributed by atoms with Crippen LogP contribution in [0.4, 0.5) is 10.1 Å². The van der Waals surface area contributed by atoms with E-state index in [-0.39, 0.29) is 16.3 Å². The zero-order valence-electron chi connectivity index (χ0n) is 11.5. The smallest absolute Gasteiger partial charge is 0.180 e. The van der Waals surface area contributed by atoms with Crippen molar-refractivity contribution >= 4 is 15.5 Å². The van der Waals surface area contributed by atoms with E-state index in [1.807, 2.05) is 12.1 Å². The van der Waals surface area contributed by atoms with E-state index in [2.05, 4.69) is 0 Å². The number of benzene rings is 2. The number of ether oxygens (including phenoxy) is 1. The van der Waals surface area contributed by atoms with Crippen molar-refractivity contribution < 1.29 is 17.5 Å². The molecule has 0 aliphatic carbocycles. The van der Waals surface area contributed by atoms with E-state index >= 15 is 0 Å². The fourth-order valence-corrected chi connectivity index (χ4v) is 3.37. The lowest BCUT2D eigenvalue weighted by Crippen LogP contribution is -2.11. The molecule has 0 aromatic heterocycles. The molecule has 0 unspecified atom stereocenters. The third-order valence-electron chi connectivity index (χ3n) is 3.13. The molecule has 112 valence electrons. The van der Waals surface area contributed by atoms with Crippen molar-refractivity contribution in [3.05, 3.63) is 53.8 Å². The number of hydrogen-bond acceptors (Lipinski definition) is 4. The maximum atomic E-state index is 13.0. The number of nitrogen functional groups attached to an aromatic ring is 1. The second kappa shape index (κ2) is 6.13. The number of rotatable bonds is 5. The van der Waals surface area contributed by atoms with Crippen LogP contribution in [0.2, 0.25) is 0 Å². The number of anilines is 1. The van der Waals surface area contributed by atoms with Crippen LogP contribution in [-0.2, 0) is 16.3 Å². The highest BCUT2D eigenvalue weighted by Gasteiger charge is 2.18. The molecule has 0 aliphatic rings. The number of nitrogens with two attached hydrogens (primary N) is 1. The molecule has 2 aromatic rings. The summed E-state index contributed by atoms with van der Waals surface area (Å²) in [5, 5.41) is 0. The van der Waals surface area contributed by atoms with Crippen molar-refractivity contribution in [2.75, 3.05) is 18.6 Å². The molecule has 21 heavy (non-hydrogen) atoms. The first-order valence-electron chi connectivity index (χ1n) is 6.33. The van der Waals surface area contributed by atoms with Gasteiger partial charge in [-0.25, -0.2) is 12.8 Å². The Morgan fingerprint density at radius 1 is 1.14 bits per heavy atom. The first-order valence-corrected chi connectivity index (χ1v) is 7.98. The lowest BCUT2D eigenvalue weighted by Gasteiger charge is -2.08. The standard InChI is InChI=1S/C15H16FNO3S/c1-20-13-5-2-11(3-6-13)8-9-21(18,19)15-7-4-12(16)10-14(15)17/h2-7,10H,8-9,17H2,1H3. The Morgan fingerprint density at radius 3 is 2.38 bits per heavy atom. The molecule has 0 atom stereocenters. The third-order valence-corrected chi connectivity index (χ3v) is 4.91. The molecule has 0 saturated heterocycles. The predicted molar refractivity (Wildman–Crippen MR) is 79.6 cm³/mol. The minimum absolute atomic E-state index is 0.0302. The molecule has 0 spiro atoms. The van der Waals surface area contributed by atoms with Crippen LogP contribution >= 0.6 is 0 Å². The molecule has 2 rings (SSSR count). The van der Waals surface area contributed by atoms with Crippen molar-refractivity contribution in [3.63, 3.8) is 0 Å². The highest BCUT2D eigenvalue weighted by atomic mass is 32.2. The van der Waals surface area contributed by atoms with Gasteiger partial charge in [-0.2, -0.15) is 0 Å². The normalized spacial score (nSPS) is 11.3. The highest BCUT2D eigenvalue weighted by Crippen LogP contribution is 2.21. The quantitative estimate of drug-likeness (QED) is 0.680. The molecule has 4 nitrogen and oxygen atoms in total. The number of hydrogen-bond donors (Lipinski definition) is 1. The Labute approximate surface area is 123 Å². The van der Waals surface area contributed by atoms with E-state index < -0.39 is 15.7 Å². The molecular formula is C15H16FNO3S. The number of halogens is 1. The summed E-state index contributed by atoms with van der Waals surface area (Å²) in [6.45, 7) is 0. The van der Waals surface area contributed by atoms with Gasteiger partial charge in [0.25, 0.3) is 0 Å². The van der Waals surface area contributed by atoms with Gasteiger partial charge in [-0.3, -0.25) is 0 Å². The van der Waals surface area contributed by atoms with Gasteiger partial charge in [0.15, 0.2) is 9.84 Å². The summed E-state index contributed by atoms with van der Waals surface area (Å²) < 4.78 is 42.5. The lowest BCUT2D eigenvalue weighted by atomic mass is 10.2. The Bertz CT molecular complexity index is 727. The van der Waals surface area contributed by atoms with Crippen LogP contribution < -0.4 is 10.5 Å². The van der Waals surface area contributed by atoms with Crippen LogP contribution in [-0.4, -0.2) is 21.3 Å². The summed E-state index contributed by atoms with van der Waals surface area (Å²) in [7, 11) is -1.98. The average molecular weight is 309 g/mol. The van der Waals surface area contributed by atoms with Crippen LogP contribution in [0, 0.1) is 5.82 Å². The Hall–Kier alpha value is -2.08. The second-order valence-electron chi connectivity index (χ2n) is 4.60. The fraction of sp³-hybridized carbons (Fsp3) is 0.200. The molecular weight excluding hydrogens is 293 g/mol. The molecule has 2 aromatic carbocycles. The fourth-order valence-electron chi connectivity index (χ4n) is 1.96. The van der Waals surface area contributed by atoms with Gasteiger partial charge in [0.2, 0.25) is 0 Å². The van der Waals surface area contributed by atoms with E-state index in [0.717, 1.165) is 17.7 Å². The van der Waals surface area contributed by atoms with Gasteiger partial charge >= 0.3 is 0 Å². The SMILES string of the molecule is COc1ccc(CCS(=O)(=O)c2ccc(F)cc2N)cc1. The average Bonchev–Trinajstić information content (AvgIpc) is 2.45. The maximum Gasteiger partial charge on any atom is 0.180 e. The largest absolute Gasteiger partial charge is 0.497 e. The zero-order valence-corrected chi connectivity index (χ0v) is 12.4. The summed E-state index contributed by atoms with van der Waals surface area (Å²) >= 11 is 0. The van der Waals surface area contributed by atoms with Gasteiger partial charge in [0, 0.05) is 0 Å². The van der Waals surface area contributed by atoms with Gasteiger partial charge in [0.05, 0.1) is 23.4 Å². The molecule has 0 aliphatic heterocycles. The summed E-state index contributed by atoms with van der Waals surface area (Å²) in [6.07, 6.45) is 0.350. The first kappa shape index (κ1) is 15.3. The van der Waals surface area contributed by atoms with Gasteiger partial charge in [-0.1, -0.05) is 12.1 Å². The third kappa shape index (κ3) is 3.72. The van der Waals surface area contributed by atoms with Crippen molar-refractivity contribution in [1.29, 1.82) is 0 Å². The van der Waals surface area contributed by atoms with Gasteiger partial charge in [0.1, 0.15) is 11.6 Å². The van der Waals surface area contributed by atoms with Gasteiger partial charge in [-0.15, -0.1) is 0 Å². The van der Waals surface area contributed by atoms with Crippen molar-refractivity contribution in [2.45, 2.75) is 11.3 Å². The lowest BCUT2D eigenvalue weighted by molar-refractivity contribution is 0.414. The molecule has 0 radical (unpaired) electrons. The molecule has 0 heterocycles. The van der Waals surface area contributed by atoms with Crippen LogP contribution in [0.5, 0.6) is 5.75 Å². The summed E-state index contributed by atoms with van der Waals surface area (Å²) in [4.78, 5) is -0.0302. The van der Waals surface area contributed by atoms with Gasteiger partial charge < -0.3 is 10.5 Å². The van der Waals surface area contributed by atoms with Crippen LogP contribution in [0.3, 0.4) is 0 Å². The predicted octanol–water partition coefficient (Wildman–Crippen LogP) is 2.43. The molecule has 2 N–H and O–H groups in total. The molecule has 0 bridgehead atoms. The Kier molecular flexibility index (Phi) is 4.47. The van der Waals surface area contributed by atoms with Crippen molar-refractivity contribution in [1.82, 2.24) is 0 Å². The second-order valence-corrected chi connectivity index (χ2v) is 6.68. The number of sulfone groups is 1. The van der Waals surface area contributed by atoms with Crippen LogP contribution in [0.25, 0.3) is 0 Å². The molecule has 6 heteroatoms. The number of methoxy groups -OCH3 is 1. The minimum Gasteiger partial charge on any atom is -0.497 e. The van der Waals surface area contributed by atoms with Gasteiger partial charge in [-0.05, 0) is 42.3 Å². The van der Waals surface area contributed by atoms with E-state index in [9.17, 15) is 12.8 Å².